The fourth-order valence-electron chi connectivity index (χ4n) is 2.13. The zero-order valence-corrected chi connectivity index (χ0v) is 10.8. The molecule has 0 aliphatic carbocycles. The van der Waals surface area contributed by atoms with Gasteiger partial charge in [-0.15, -0.1) is 0 Å². The lowest BCUT2D eigenvalue weighted by Gasteiger charge is -2.17. The van der Waals surface area contributed by atoms with Crippen LogP contribution in [0.2, 0.25) is 0 Å². The maximum Gasteiger partial charge on any atom is 0.0825 e. The van der Waals surface area contributed by atoms with E-state index in [0.717, 1.165) is 17.1 Å². The molecule has 1 heterocycles. The monoisotopic (exact) mass is 229 g/mol. The van der Waals surface area contributed by atoms with Crippen LogP contribution in [0.15, 0.2) is 24.3 Å². The number of rotatable bonds is 3. The summed E-state index contributed by atoms with van der Waals surface area (Å²) in [5, 5.41) is 10.7. The number of aromatic nitrogens is 2. The van der Waals surface area contributed by atoms with Crippen LogP contribution in [-0.4, -0.2) is 10.2 Å². The number of nitrogens with one attached hydrogen (secondary N) is 2. The molecule has 0 saturated carbocycles. The van der Waals surface area contributed by atoms with E-state index in [2.05, 4.69) is 53.6 Å². The molecule has 3 nitrogen and oxygen atoms in total. The minimum Gasteiger partial charge on any atom is -0.376 e. The predicted octanol–water partition coefficient (Wildman–Crippen LogP) is 3.51. The molecule has 1 unspecified atom stereocenters. The van der Waals surface area contributed by atoms with Gasteiger partial charge in [0.25, 0.3) is 0 Å². The number of aryl methyl sites for hydroxylation is 3. The molecular weight excluding hydrogens is 210 g/mol. The van der Waals surface area contributed by atoms with E-state index in [1.165, 1.54) is 11.1 Å². The fourth-order valence-corrected chi connectivity index (χ4v) is 2.13. The van der Waals surface area contributed by atoms with E-state index in [1.807, 2.05) is 13.8 Å². The Morgan fingerprint density at radius 2 is 1.88 bits per heavy atom. The summed E-state index contributed by atoms with van der Waals surface area (Å²) in [6.45, 7) is 8.36. The average Bonchev–Trinajstić information content (AvgIpc) is 2.61. The zero-order chi connectivity index (χ0) is 12.4. The van der Waals surface area contributed by atoms with Gasteiger partial charge in [0, 0.05) is 6.04 Å². The van der Waals surface area contributed by atoms with Gasteiger partial charge in [-0.2, -0.15) is 5.10 Å². The Hall–Kier alpha value is -1.77. The van der Waals surface area contributed by atoms with E-state index in [-0.39, 0.29) is 6.04 Å². The summed E-state index contributed by atoms with van der Waals surface area (Å²) in [7, 11) is 0. The lowest BCUT2D eigenvalue weighted by molar-refractivity contribution is 0.870. The van der Waals surface area contributed by atoms with Crippen molar-refractivity contribution < 1.29 is 0 Å². The Bertz CT molecular complexity index is 494. The van der Waals surface area contributed by atoms with Crippen molar-refractivity contribution in [3.63, 3.8) is 0 Å². The van der Waals surface area contributed by atoms with Gasteiger partial charge in [-0.25, -0.2) is 0 Å². The van der Waals surface area contributed by atoms with Crippen molar-refractivity contribution in [2.75, 3.05) is 5.32 Å². The third-order valence-corrected chi connectivity index (χ3v) is 3.14. The zero-order valence-electron chi connectivity index (χ0n) is 10.8. The first-order valence-electron chi connectivity index (χ1n) is 5.93. The Morgan fingerprint density at radius 3 is 2.47 bits per heavy atom. The molecule has 0 bridgehead atoms. The molecule has 3 heteroatoms. The first-order chi connectivity index (χ1) is 8.09. The van der Waals surface area contributed by atoms with Crippen LogP contribution < -0.4 is 5.32 Å². The highest BCUT2D eigenvalue weighted by Gasteiger charge is 2.12. The van der Waals surface area contributed by atoms with Crippen LogP contribution >= 0.6 is 0 Å². The number of nitrogens with zero attached hydrogens (tertiary/aromatic N) is 1. The normalized spacial score (nSPS) is 12.5. The highest BCUT2D eigenvalue weighted by Crippen LogP contribution is 2.25. The Labute approximate surface area is 102 Å². The van der Waals surface area contributed by atoms with Crippen LogP contribution in [0.1, 0.15) is 35.5 Å². The first-order valence-corrected chi connectivity index (χ1v) is 5.93. The van der Waals surface area contributed by atoms with Crippen LogP contribution in [0.25, 0.3) is 0 Å². The molecule has 2 rings (SSSR count). The van der Waals surface area contributed by atoms with Gasteiger partial charge in [0.15, 0.2) is 0 Å². The van der Waals surface area contributed by atoms with Gasteiger partial charge in [0.1, 0.15) is 0 Å². The molecule has 0 saturated heterocycles. The summed E-state index contributed by atoms with van der Waals surface area (Å²) in [4.78, 5) is 0. The fraction of sp³-hybridized carbons (Fsp3) is 0.357. The molecule has 1 aromatic heterocycles. The first kappa shape index (κ1) is 11.7. The summed E-state index contributed by atoms with van der Waals surface area (Å²) in [5.41, 5.74) is 5.85. The van der Waals surface area contributed by atoms with Crippen molar-refractivity contribution >= 4 is 5.69 Å². The van der Waals surface area contributed by atoms with Crippen molar-refractivity contribution in [1.29, 1.82) is 0 Å². The maximum atomic E-state index is 4.20. The minimum absolute atomic E-state index is 0.284. The van der Waals surface area contributed by atoms with Crippen LogP contribution in [0.5, 0.6) is 0 Å². The van der Waals surface area contributed by atoms with E-state index in [0.29, 0.717) is 0 Å². The molecule has 0 aliphatic heterocycles. The third-order valence-electron chi connectivity index (χ3n) is 3.14. The van der Waals surface area contributed by atoms with Gasteiger partial charge >= 0.3 is 0 Å². The minimum atomic E-state index is 0.284. The standard InChI is InChI=1S/C14H19N3/c1-9-7-5-6-8-13(9)10(2)15-14-11(3)16-17-12(14)4/h5-8,10,15H,1-4H3,(H,16,17). The van der Waals surface area contributed by atoms with E-state index in [9.17, 15) is 0 Å². The number of aromatic amines is 1. The van der Waals surface area contributed by atoms with E-state index in [4.69, 9.17) is 0 Å². The molecule has 90 valence electrons. The van der Waals surface area contributed by atoms with Crippen molar-refractivity contribution in [2.24, 2.45) is 0 Å². The topological polar surface area (TPSA) is 40.7 Å². The molecule has 0 amide bonds. The molecule has 17 heavy (non-hydrogen) atoms. The molecule has 1 aromatic carbocycles. The number of H-pyrrole nitrogens is 1. The molecular formula is C14H19N3. The molecule has 0 aliphatic rings. The molecule has 0 radical (unpaired) electrons. The summed E-state index contributed by atoms with van der Waals surface area (Å²) < 4.78 is 0. The van der Waals surface area contributed by atoms with Crippen molar-refractivity contribution in [2.45, 2.75) is 33.7 Å². The quantitative estimate of drug-likeness (QED) is 0.845. The van der Waals surface area contributed by atoms with Crippen molar-refractivity contribution in [1.82, 2.24) is 10.2 Å². The second-order valence-corrected chi connectivity index (χ2v) is 4.53. The summed E-state index contributed by atoms with van der Waals surface area (Å²) in [5.74, 6) is 0. The molecule has 1 atom stereocenters. The SMILES string of the molecule is Cc1ccccc1C(C)Nc1c(C)n[nH]c1C. The van der Waals surface area contributed by atoms with Crippen molar-refractivity contribution in [3.05, 3.63) is 46.8 Å². The Kier molecular flexibility index (Phi) is 3.18. The van der Waals surface area contributed by atoms with Gasteiger partial charge in [-0.05, 0) is 38.8 Å². The molecule has 2 N–H and O–H groups in total. The molecule has 0 fully saturated rings. The predicted molar refractivity (Wildman–Crippen MR) is 71.3 cm³/mol. The van der Waals surface area contributed by atoms with E-state index >= 15 is 0 Å². The smallest absolute Gasteiger partial charge is 0.0825 e. The average molecular weight is 229 g/mol. The summed E-state index contributed by atoms with van der Waals surface area (Å²) in [6.07, 6.45) is 0. The van der Waals surface area contributed by atoms with Gasteiger partial charge in [0.05, 0.1) is 17.1 Å². The maximum absolute atomic E-state index is 4.20. The van der Waals surface area contributed by atoms with Crippen LogP contribution in [-0.2, 0) is 0 Å². The highest BCUT2D eigenvalue weighted by molar-refractivity contribution is 5.53. The van der Waals surface area contributed by atoms with Gasteiger partial charge in [0.2, 0.25) is 0 Å². The summed E-state index contributed by atoms with van der Waals surface area (Å²) >= 11 is 0. The molecule has 2 aromatic rings. The number of hydrogen-bond donors (Lipinski definition) is 2. The van der Waals surface area contributed by atoms with Crippen LogP contribution in [0, 0.1) is 20.8 Å². The van der Waals surface area contributed by atoms with Crippen LogP contribution in [0.4, 0.5) is 5.69 Å². The molecule has 0 spiro atoms. The Balaban J connectivity index is 2.23. The lowest BCUT2D eigenvalue weighted by Crippen LogP contribution is -2.09. The second-order valence-electron chi connectivity index (χ2n) is 4.53. The van der Waals surface area contributed by atoms with Gasteiger partial charge in [-0.1, -0.05) is 24.3 Å². The summed E-state index contributed by atoms with van der Waals surface area (Å²) in [6, 6.07) is 8.74. The van der Waals surface area contributed by atoms with Crippen molar-refractivity contribution in [3.8, 4) is 0 Å². The van der Waals surface area contributed by atoms with Gasteiger partial charge in [-0.3, -0.25) is 5.10 Å². The lowest BCUT2D eigenvalue weighted by atomic mass is 10.0. The third kappa shape index (κ3) is 2.33. The number of hydrogen-bond acceptors (Lipinski definition) is 2. The van der Waals surface area contributed by atoms with Gasteiger partial charge < -0.3 is 5.32 Å². The highest BCUT2D eigenvalue weighted by atomic mass is 15.2. The van der Waals surface area contributed by atoms with E-state index in [1.54, 1.807) is 0 Å². The van der Waals surface area contributed by atoms with Crippen LogP contribution in [0.3, 0.4) is 0 Å². The van der Waals surface area contributed by atoms with E-state index < -0.39 is 0 Å². The Morgan fingerprint density at radius 1 is 1.18 bits per heavy atom. The number of anilines is 1. The number of benzene rings is 1. The second kappa shape index (κ2) is 4.62. The largest absolute Gasteiger partial charge is 0.376 e.